The van der Waals surface area contributed by atoms with Crippen molar-refractivity contribution in [1.82, 2.24) is 4.98 Å². The van der Waals surface area contributed by atoms with Gasteiger partial charge < -0.3 is 5.11 Å². The van der Waals surface area contributed by atoms with E-state index in [1.165, 1.54) is 0 Å². The highest BCUT2D eigenvalue weighted by Gasteiger charge is 2.12. The fourth-order valence-electron chi connectivity index (χ4n) is 0.596. The van der Waals surface area contributed by atoms with Crippen LogP contribution in [0.2, 0.25) is 15.3 Å². The van der Waals surface area contributed by atoms with Crippen LogP contribution in [-0.2, 0) is 0 Å². The first-order valence-electron chi connectivity index (χ1n) is 2.77. The van der Waals surface area contributed by atoms with Gasteiger partial charge in [-0.1, -0.05) is 34.8 Å². The molecule has 0 aliphatic rings. The van der Waals surface area contributed by atoms with Gasteiger partial charge in [-0.05, 0) is 6.07 Å². The summed E-state index contributed by atoms with van der Waals surface area (Å²) in [6, 6.07) is 1.15. The number of carbonyl (C=O) groups is 1. The molecule has 0 bridgehead atoms. The maximum atomic E-state index is 10.5. The minimum absolute atomic E-state index is 0.00772. The number of aromatic nitrogens is 1. The van der Waals surface area contributed by atoms with Crippen LogP contribution in [0.25, 0.3) is 0 Å². The number of halogens is 3. The summed E-state index contributed by atoms with van der Waals surface area (Å²) in [5, 5.41) is 8.45. The van der Waals surface area contributed by atoms with Crippen molar-refractivity contribution in [3.63, 3.8) is 0 Å². The monoisotopic (exact) mass is 225 g/mol. The number of carboxylic acid groups (broad SMARTS) is 1. The molecule has 3 nitrogen and oxygen atoms in total. The Labute approximate surface area is 82.9 Å². The molecule has 12 heavy (non-hydrogen) atoms. The average Bonchev–Trinajstić information content (AvgIpc) is 1.96. The first kappa shape index (κ1) is 9.58. The molecule has 0 saturated carbocycles. The van der Waals surface area contributed by atoms with Gasteiger partial charge >= 0.3 is 5.97 Å². The number of hydrogen-bond acceptors (Lipinski definition) is 2. The van der Waals surface area contributed by atoms with Crippen LogP contribution in [0.5, 0.6) is 0 Å². The highest BCUT2D eigenvalue weighted by molar-refractivity contribution is 6.42. The molecule has 1 N–H and O–H groups in total. The van der Waals surface area contributed by atoms with E-state index >= 15 is 0 Å². The molecule has 0 amide bonds. The van der Waals surface area contributed by atoms with Gasteiger partial charge in [0.2, 0.25) is 0 Å². The van der Waals surface area contributed by atoms with Gasteiger partial charge in [0.15, 0.2) is 0 Å². The third-order valence-electron chi connectivity index (χ3n) is 1.12. The van der Waals surface area contributed by atoms with Crippen LogP contribution < -0.4 is 0 Å². The third kappa shape index (κ3) is 1.80. The SMILES string of the molecule is O=C(O)c1cc(Cl)c(Cl)nc1Cl. The zero-order valence-electron chi connectivity index (χ0n) is 5.51. The second-order valence-corrected chi connectivity index (χ2v) is 3.03. The van der Waals surface area contributed by atoms with Gasteiger partial charge in [-0.25, -0.2) is 9.78 Å². The summed E-state index contributed by atoms with van der Waals surface area (Å²) >= 11 is 16.4. The van der Waals surface area contributed by atoms with Gasteiger partial charge in [-0.15, -0.1) is 0 Å². The fourth-order valence-corrected chi connectivity index (χ4v) is 1.15. The lowest BCUT2D eigenvalue weighted by molar-refractivity contribution is 0.0696. The van der Waals surface area contributed by atoms with E-state index in [0.29, 0.717) is 0 Å². The second kappa shape index (κ2) is 3.47. The van der Waals surface area contributed by atoms with Crippen molar-refractivity contribution in [1.29, 1.82) is 0 Å². The molecule has 0 unspecified atom stereocenters. The zero-order valence-corrected chi connectivity index (χ0v) is 7.78. The largest absolute Gasteiger partial charge is 0.478 e. The molecule has 1 rings (SSSR count). The quantitative estimate of drug-likeness (QED) is 0.749. The fraction of sp³-hybridized carbons (Fsp3) is 0. The Morgan fingerprint density at radius 1 is 1.33 bits per heavy atom. The maximum absolute atomic E-state index is 10.5. The van der Waals surface area contributed by atoms with Crippen LogP contribution >= 0.6 is 34.8 Å². The summed E-state index contributed by atoms with van der Waals surface area (Å²) < 4.78 is 0. The summed E-state index contributed by atoms with van der Waals surface area (Å²) in [4.78, 5) is 14.0. The predicted molar refractivity (Wildman–Crippen MR) is 46.2 cm³/mol. The number of hydrogen-bond donors (Lipinski definition) is 1. The Morgan fingerprint density at radius 2 is 1.92 bits per heavy atom. The first-order chi connectivity index (χ1) is 5.52. The lowest BCUT2D eigenvalue weighted by Crippen LogP contribution is -1.99. The number of carboxylic acids is 1. The van der Waals surface area contributed by atoms with Crippen molar-refractivity contribution < 1.29 is 9.90 Å². The molecule has 64 valence electrons. The van der Waals surface area contributed by atoms with Gasteiger partial charge in [-0.3, -0.25) is 0 Å². The number of rotatable bonds is 1. The van der Waals surface area contributed by atoms with Crippen LogP contribution in [0, 0.1) is 0 Å². The van der Waals surface area contributed by atoms with Gasteiger partial charge in [-0.2, -0.15) is 0 Å². The van der Waals surface area contributed by atoms with Crippen LogP contribution in [-0.4, -0.2) is 16.1 Å². The molecule has 0 aliphatic carbocycles. The van der Waals surface area contributed by atoms with Crippen molar-refractivity contribution in [2.24, 2.45) is 0 Å². The van der Waals surface area contributed by atoms with E-state index in [2.05, 4.69) is 4.98 Å². The summed E-state index contributed by atoms with van der Waals surface area (Å²) in [5.74, 6) is -1.19. The predicted octanol–water partition coefficient (Wildman–Crippen LogP) is 2.74. The van der Waals surface area contributed by atoms with Crippen molar-refractivity contribution in [2.75, 3.05) is 0 Å². The van der Waals surface area contributed by atoms with E-state index < -0.39 is 5.97 Å². The molecule has 1 aromatic heterocycles. The van der Waals surface area contributed by atoms with Crippen molar-refractivity contribution in [3.8, 4) is 0 Å². The molecule has 0 atom stereocenters. The molecule has 6 heteroatoms. The summed E-state index contributed by atoms with van der Waals surface area (Å²) in [7, 11) is 0. The molecule has 0 saturated heterocycles. The highest BCUT2D eigenvalue weighted by atomic mass is 35.5. The zero-order chi connectivity index (χ0) is 9.30. The Kier molecular flexibility index (Phi) is 2.77. The lowest BCUT2D eigenvalue weighted by Gasteiger charge is -1.99. The molecule has 0 radical (unpaired) electrons. The van der Waals surface area contributed by atoms with E-state index in [1.54, 1.807) is 0 Å². The van der Waals surface area contributed by atoms with E-state index in [9.17, 15) is 4.79 Å². The molecule has 0 fully saturated rings. The molecule has 0 aromatic carbocycles. The average molecular weight is 226 g/mol. The van der Waals surface area contributed by atoms with Gasteiger partial charge in [0.25, 0.3) is 0 Å². The Balaban J connectivity index is 3.33. The highest BCUT2D eigenvalue weighted by Crippen LogP contribution is 2.25. The first-order valence-corrected chi connectivity index (χ1v) is 3.90. The maximum Gasteiger partial charge on any atom is 0.338 e. The minimum Gasteiger partial charge on any atom is -0.478 e. The van der Waals surface area contributed by atoms with Crippen molar-refractivity contribution >= 4 is 40.8 Å². The van der Waals surface area contributed by atoms with E-state index in [1.807, 2.05) is 0 Å². The van der Waals surface area contributed by atoms with Crippen molar-refractivity contribution in [3.05, 3.63) is 27.0 Å². The van der Waals surface area contributed by atoms with Crippen LogP contribution in [0.4, 0.5) is 0 Å². The third-order valence-corrected chi connectivity index (χ3v) is 2.08. The summed E-state index contributed by atoms with van der Waals surface area (Å²) in [5.41, 5.74) is -0.161. The van der Waals surface area contributed by atoms with E-state index in [-0.39, 0.29) is 20.9 Å². The van der Waals surface area contributed by atoms with Gasteiger partial charge in [0.1, 0.15) is 10.3 Å². The molecule has 1 aromatic rings. The van der Waals surface area contributed by atoms with Gasteiger partial charge in [0.05, 0.1) is 10.6 Å². The molecule has 0 spiro atoms. The number of aromatic carboxylic acids is 1. The normalized spacial score (nSPS) is 9.92. The molecule has 1 heterocycles. The molecular weight excluding hydrogens is 224 g/mol. The molecular formula is C6H2Cl3NO2. The summed E-state index contributed by atoms with van der Waals surface area (Å²) in [6.45, 7) is 0. The number of pyridine rings is 1. The van der Waals surface area contributed by atoms with Crippen LogP contribution in [0.3, 0.4) is 0 Å². The standard InChI is InChI=1S/C6H2Cl3NO2/c7-3-1-2(6(11)12)4(8)10-5(3)9/h1H,(H,11,12). The number of nitrogens with zero attached hydrogens (tertiary/aromatic N) is 1. The summed E-state index contributed by atoms with van der Waals surface area (Å²) in [6.07, 6.45) is 0. The van der Waals surface area contributed by atoms with Gasteiger partial charge in [0, 0.05) is 0 Å². The Hall–Kier alpha value is -0.510. The molecule has 0 aliphatic heterocycles. The smallest absolute Gasteiger partial charge is 0.338 e. The lowest BCUT2D eigenvalue weighted by atomic mass is 10.3. The van der Waals surface area contributed by atoms with E-state index in [0.717, 1.165) is 6.07 Å². The minimum atomic E-state index is -1.19. The van der Waals surface area contributed by atoms with Crippen LogP contribution in [0.1, 0.15) is 10.4 Å². The Morgan fingerprint density at radius 3 is 2.42 bits per heavy atom. The Bertz CT molecular complexity index is 340. The second-order valence-electron chi connectivity index (χ2n) is 1.90. The topological polar surface area (TPSA) is 50.2 Å². The van der Waals surface area contributed by atoms with E-state index in [4.69, 9.17) is 39.9 Å². The van der Waals surface area contributed by atoms with Crippen LogP contribution in [0.15, 0.2) is 6.07 Å². The van der Waals surface area contributed by atoms with Crippen molar-refractivity contribution in [2.45, 2.75) is 0 Å².